The zero-order chi connectivity index (χ0) is 15.5. The minimum atomic E-state index is -3.30. The normalized spacial score (nSPS) is 11.5. The SMILES string of the molecule is Cc1cc(N)nc(SCCS(=O)(=O)c2ccc(Br)cc2)n1. The van der Waals surface area contributed by atoms with Crippen LogP contribution in [0.2, 0.25) is 0 Å². The molecule has 0 spiro atoms. The van der Waals surface area contributed by atoms with Crippen LogP contribution < -0.4 is 5.73 Å². The number of sulfone groups is 1. The molecule has 0 radical (unpaired) electrons. The molecule has 2 rings (SSSR count). The average molecular weight is 388 g/mol. The van der Waals surface area contributed by atoms with Gasteiger partial charge in [-0.25, -0.2) is 18.4 Å². The van der Waals surface area contributed by atoms with Gasteiger partial charge in [-0.2, -0.15) is 0 Å². The summed E-state index contributed by atoms with van der Waals surface area (Å²) in [7, 11) is -3.30. The first-order valence-electron chi connectivity index (χ1n) is 6.09. The van der Waals surface area contributed by atoms with Crippen molar-refractivity contribution in [3.8, 4) is 0 Å². The molecule has 0 atom stereocenters. The Bertz CT molecular complexity index is 713. The lowest BCUT2D eigenvalue weighted by atomic mass is 10.4. The number of aryl methyl sites for hydroxylation is 1. The molecule has 1 aromatic heterocycles. The smallest absolute Gasteiger partial charge is 0.189 e. The molecule has 1 heterocycles. The maximum Gasteiger partial charge on any atom is 0.189 e. The molecule has 112 valence electrons. The van der Waals surface area contributed by atoms with Gasteiger partial charge in [0.05, 0.1) is 10.6 Å². The molecule has 5 nitrogen and oxygen atoms in total. The van der Waals surface area contributed by atoms with Gasteiger partial charge >= 0.3 is 0 Å². The molecule has 0 amide bonds. The molecule has 0 saturated carbocycles. The minimum Gasteiger partial charge on any atom is -0.384 e. The summed E-state index contributed by atoms with van der Waals surface area (Å²) >= 11 is 4.56. The number of nitrogen functional groups attached to an aromatic ring is 1. The van der Waals surface area contributed by atoms with Crippen LogP contribution in [-0.4, -0.2) is 29.9 Å². The van der Waals surface area contributed by atoms with Crippen molar-refractivity contribution >= 4 is 43.3 Å². The molecule has 0 unspecified atom stereocenters. The molecule has 1 aromatic carbocycles. The molecule has 0 aliphatic heterocycles. The minimum absolute atomic E-state index is 0.0243. The number of anilines is 1. The topological polar surface area (TPSA) is 85.9 Å². The Labute approximate surface area is 136 Å². The summed E-state index contributed by atoms with van der Waals surface area (Å²) in [5.41, 5.74) is 6.40. The first kappa shape index (κ1) is 16.3. The molecule has 21 heavy (non-hydrogen) atoms. The summed E-state index contributed by atoms with van der Waals surface area (Å²) < 4.78 is 25.2. The molecular formula is C13H14BrN3O2S2. The van der Waals surface area contributed by atoms with E-state index in [4.69, 9.17) is 5.73 Å². The fourth-order valence-electron chi connectivity index (χ4n) is 1.63. The Morgan fingerprint density at radius 3 is 2.52 bits per heavy atom. The third-order valence-corrected chi connectivity index (χ3v) is 5.98. The molecule has 8 heteroatoms. The van der Waals surface area contributed by atoms with Gasteiger partial charge in [-0.05, 0) is 31.2 Å². The van der Waals surface area contributed by atoms with Crippen LogP contribution in [0.1, 0.15) is 5.69 Å². The number of aromatic nitrogens is 2. The fraction of sp³-hybridized carbons (Fsp3) is 0.231. The monoisotopic (exact) mass is 387 g/mol. The van der Waals surface area contributed by atoms with Gasteiger partial charge in [0, 0.05) is 22.0 Å². The molecule has 2 aromatic rings. The second-order valence-electron chi connectivity index (χ2n) is 4.34. The van der Waals surface area contributed by atoms with Crippen LogP contribution in [-0.2, 0) is 9.84 Å². The van der Waals surface area contributed by atoms with Gasteiger partial charge in [-0.3, -0.25) is 0 Å². The van der Waals surface area contributed by atoms with Crippen LogP contribution in [0, 0.1) is 6.92 Å². The number of rotatable bonds is 5. The van der Waals surface area contributed by atoms with Gasteiger partial charge in [0.2, 0.25) is 0 Å². The number of nitrogens with two attached hydrogens (primary N) is 1. The van der Waals surface area contributed by atoms with Crippen molar-refractivity contribution in [3.05, 3.63) is 40.5 Å². The van der Waals surface area contributed by atoms with E-state index < -0.39 is 9.84 Å². The van der Waals surface area contributed by atoms with Crippen LogP contribution in [0.3, 0.4) is 0 Å². The van der Waals surface area contributed by atoms with Crippen molar-refractivity contribution in [3.63, 3.8) is 0 Å². The molecule has 2 N–H and O–H groups in total. The third-order valence-electron chi connectivity index (χ3n) is 2.61. The standard InChI is InChI=1S/C13H14BrN3O2S2/c1-9-8-12(15)17-13(16-9)20-6-7-21(18,19)11-4-2-10(14)3-5-11/h2-5,8H,6-7H2,1H3,(H2,15,16,17). The highest BCUT2D eigenvalue weighted by Gasteiger charge is 2.14. The summed E-state index contributed by atoms with van der Waals surface area (Å²) in [6.07, 6.45) is 0. The van der Waals surface area contributed by atoms with E-state index in [9.17, 15) is 8.42 Å². The van der Waals surface area contributed by atoms with E-state index in [2.05, 4.69) is 25.9 Å². The Morgan fingerprint density at radius 1 is 1.24 bits per heavy atom. The zero-order valence-electron chi connectivity index (χ0n) is 11.3. The number of thioether (sulfide) groups is 1. The summed E-state index contributed by atoms with van der Waals surface area (Å²) in [5.74, 6) is 0.790. The summed E-state index contributed by atoms with van der Waals surface area (Å²) in [6.45, 7) is 1.82. The summed E-state index contributed by atoms with van der Waals surface area (Å²) in [5, 5.41) is 0.499. The van der Waals surface area contributed by atoms with E-state index in [0.29, 0.717) is 21.6 Å². The van der Waals surface area contributed by atoms with E-state index in [1.165, 1.54) is 11.8 Å². The molecule has 0 fully saturated rings. The average Bonchev–Trinajstić information content (AvgIpc) is 2.37. The third kappa shape index (κ3) is 4.69. The molecule has 0 bridgehead atoms. The van der Waals surface area contributed by atoms with Gasteiger partial charge in [0.1, 0.15) is 5.82 Å². The fourth-order valence-corrected chi connectivity index (χ4v) is 4.45. The van der Waals surface area contributed by atoms with Crippen LogP contribution >= 0.6 is 27.7 Å². The van der Waals surface area contributed by atoms with Crippen molar-refractivity contribution in [1.82, 2.24) is 9.97 Å². The molecular weight excluding hydrogens is 374 g/mol. The van der Waals surface area contributed by atoms with Crippen LogP contribution in [0.25, 0.3) is 0 Å². The maximum atomic E-state index is 12.2. The maximum absolute atomic E-state index is 12.2. The quantitative estimate of drug-likeness (QED) is 0.626. The van der Waals surface area contributed by atoms with Crippen LogP contribution in [0.4, 0.5) is 5.82 Å². The van der Waals surface area contributed by atoms with Crippen LogP contribution in [0.15, 0.2) is 44.9 Å². The predicted octanol–water partition coefficient (Wildman–Crippen LogP) is 2.70. The summed E-state index contributed by atoms with van der Waals surface area (Å²) in [6, 6.07) is 8.27. The zero-order valence-corrected chi connectivity index (χ0v) is 14.5. The van der Waals surface area contributed by atoms with Gasteiger partial charge in [-0.15, -0.1) is 0 Å². The second kappa shape index (κ2) is 6.76. The van der Waals surface area contributed by atoms with Crippen molar-refractivity contribution in [2.75, 3.05) is 17.2 Å². The lowest BCUT2D eigenvalue weighted by Gasteiger charge is -2.05. The molecule has 0 aliphatic rings. The first-order chi connectivity index (χ1) is 9.87. The highest BCUT2D eigenvalue weighted by Crippen LogP contribution is 2.19. The van der Waals surface area contributed by atoms with Gasteiger partial charge in [0.15, 0.2) is 15.0 Å². The predicted molar refractivity (Wildman–Crippen MR) is 88.1 cm³/mol. The number of hydrogen-bond donors (Lipinski definition) is 1. The van der Waals surface area contributed by atoms with Crippen molar-refractivity contribution < 1.29 is 8.42 Å². The van der Waals surface area contributed by atoms with E-state index in [-0.39, 0.29) is 5.75 Å². The van der Waals surface area contributed by atoms with Gasteiger partial charge < -0.3 is 5.73 Å². The van der Waals surface area contributed by atoms with Crippen LogP contribution in [0.5, 0.6) is 0 Å². The van der Waals surface area contributed by atoms with E-state index in [1.54, 1.807) is 30.3 Å². The first-order valence-corrected chi connectivity index (χ1v) is 9.52. The largest absolute Gasteiger partial charge is 0.384 e. The number of hydrogen-bond acceptors (Lipinski definition) is 6. The van der Waals surface area contributed by atoms with E-state index in [1.807, 2.05) is 6.92 Å². The number of benzene rings is 1. The number of nitrogens with zero attached hydrogens (tertiary/aromatic N) is 2. The van der Waals surface area contributed by atoms with Crippen molar-refractivity contribution in [2.24, 2.45) is 0 Å². The number of halogens is 1. The van der Waals surface area contributed by atoms with E-state index >= 15 is 0 Å². The Hall–Kier alpha value is -1.12. The highest BCUT2D eigenvalue weighted by molar-refractivity contribution is 9.10. The van der Waals surface area contributed by atoms with Crippen molar-refractivity contribution in [2.45, 2.75) is 17.0 Å². The second-order valence-corrected chi connectivity index (χ2v) is 8.42. The lowest BCUT2D eigenvalue weighted by molar-refractivity contribution is 0.597. The molecule has 0 saturated heterocycles. The van der Waals surface area contributed by atoms with Crippen molar-refractivity contribution in [1.29, 1.82) is 0 Å². The Balaban J connectivity index is 2.00. The van der Waals surface area contributed by atoms with Gasteiger partial charge in [0.25, 0.3) is 0 Å². The van der Waals surface area contributed by atoms with Gasteiger partial charge in [-0.1, -0.05) is 27.7 Å². The Morgan fingerprint density at radius 2 is 1.90 bits per heavy atom. The lowest BCUT2D eigenvalue weighted by Crippen LogP contribution is -2.09. The highest BCUT2D eigenvalue weighted by atomic mass is 79.9. The summed E-state index contributed by atoms with van der Waals surface area (Å²) in [4.78, 5) is 8.59. The van der Waals surface area contributed by atoms with E-state index in [0.717, 1.165) is 10.2 Å². The Kier molecular flexibility index (Phi) is 5.23. The molecule has 0 aliphatic carbocycles.